The maximum Gasteiger partial charge on any atom is 0.416 e. The third kappa shape index (κ3) is 9.00. The number of nitriles is 1. The molecule has 0 unspecified atom stereocenters. The van der Waals surface area contributed by atoms with Crippen molar-refractivity contribution in [3.63, 3.8) is 0 Å². The summed E-state index contributed by atoms with van der Waals surface area (Å²) in [7, 11) is 0. The Kier molecular flexibility index (Phi) is 13.0. The second-order valence-corrected chi connectivity index (χ2v) is 27.3. The maximum atomic E-state index is 15.0. The number of hydrogen-bond acceptors (Lipinski definition) is 1. The lowest BCUT2D eigenvalue weighted by Crippen LogP contribution is -2.11. The van der Waals surface area contributed by atoms with Crippen molar-refractivity contribution >= 4 is 131 Å². The van der Waals surface area contributed by atoms with E-state index in [-0.39, 0.29) is 22.8 Å². The number of halogens is 6. The summed E-state index contributed by atoms with van der Waals surface area (Å²) in [5.41, 5.74) is 14.1. The van der Waals surface area contributed by atoms with Gasteiger partial charge in [0.1, 0.15) is 0 Å². The molecule has 6 heterocycles. The van der Waals surface area contributed by atoms with E-state index in [2.05, 4.69) is 252 Å². The Bertz CT molecular complexity index is 6820. The highest BCUT2D eigenvalue weighted by Gasteiger charge is 2.37. The van der Waals surface area contributed by atoms with Crippen molar-refractivity contribution in [2.24, 2.45) is 0 Å². The number of nitrogens with zero attached hydrogens (tertiary/aromatic N) is 7. The van der Waals surface area contributed by atoms with Crippen LogP contribution in [-0.2, 0) is 12.4 Å². The van der Waals surface area contributed by atoms with Crippen LogP contribution in [0.5, 0.6) is 0 Å². The molecule has 21 aromatic rings. The van der Waals surface area contributed by atoms with Gasteiger partial charge >= 0.3 is 12.4 Å². The summed E-state index contributed by atoms with van der Waals surface area (Å²) >= 11 is 0. The zero-order valence-corrected chi connectivity index (χ0v) is 56.0. The van der Waals surface area contributed by atoms with Crippen LogP contribution in [0.1, 0.15) is 16.7 Å². The number of alkyl halides is 6. The quantitative estimate of drug-likeness (QED) is 0.140. The summed E-state index contributed by atoms with van der Waals surface area (Å²) in [5.74, 6) is 0. The summed E-state index contributed by atoms with van der Waals surface area (Å²) in [6.07, 6.45) is -10.3. The van der Waals surface area contributed by atoms with Crippen molar-refractivity contribution < 1.29 is 26.3 Å². The van der Waals surface area contributed by atoms with Gasteiger partial charge in [-0.15, -0.1) is 0 Å². The SMILES string of the molecule is N#Cc1ccc(-n2c3ccc(-n4c5ccccc5c5ccccc54)cc3c3cc(-n4c5ccccc5c5ccccc54)ccc32)cc1-c1cc(-c2cc(C(F)(F)F)cc(C(F)(F)F)c2)ccc1-n1c2ccc(-n3c4ccccc4c4ccccc43)cc2c2cc(-n3c4ccccc4c4ccccc43)ccc21. The highest BCUT2D eigenvalue weighted by atomic mass is 19.4. The van der Waals surface area contributed by atoms with Crippen LogP contribution < -0.4 is 0 Å². The summed E-state index contributed by atoms with van der Waals surface area (Å²) in [6, 6.07) is 107. The second-order valence-electron chi connectivity index (χ2n) is 27.3. The zero-order valence-electron chi connectivity index (χ0n) is 56.0. The van der Waals surface area contributed by atoms with Crippen LogP contribution in [0.3, 0.4) is 0 Å². The highest BCUT2D eigenvalue weighted by molar-refractivity contribution is 6.17. The summed E-state index contributed by atoms with van der Waals surface area (Å²) in [5, 5.41) is 24.0. The predicted octanol–water partition coefficient (Wildman–Crippen LogP) is 25.5. The molecule has 502 valence electrons. The van der Waals surface area contributed by atoms with E-state index in [1.807, 2.05) is 60.7 Å². The minimum absolute atomic E-state index is 0.0692. The molecule has 0 saturated carbocycles. The number of fused-ring (bicyclic) bond motifs is 18. The Morgan fingerprint density at radius 2 is 0.481 bits per heavy atom. The van der Waals surface area contributed by atoms with Crippen LogP contribution in [0.25, 0.3) is 187 Å². The lowest BCUT2D eigenvalue weighted by molar-refractivity contribution is -0.143. The van der Waals surface area contributed by atoms with Gasteiger partial charge in [-0.2, -0.15) is 31.6 Å². The van der Waals surface area contributed by atoms with Gasteiger partial charge in [0.2, 0.25) is 0 Å². The van der Waals surface area contributed by atoms with Crippen molar-refractivity contribution in [3.05, 3.63) is 338 Å². The Morgan fingerprint density at radius 1 is 0.217 bits per heavy atom. The molecule has 0 atom stereocenters. The van der Waals surface area contributed by atoms with Gasteiger partial charge in [0.15, 0.2) is 0 Å². The zero-order chi connectivity index (χ0) is 71.0. The Morgan fingerprint density at radius 3 is 0.774 bits per heavy atom. The Balaban J connectivity index is 0.842. The van der Waals surface area contributed by atoms with Crippen LogP contribution in [-0.4, -0.2) is 27.4 Å². The van der Waals surface area contributed by atoms with Crippen molar-refractivity contribution in [2.45, 2.75) is 12.4 Å². The fraction of sp³-hybridized carbons (Fsp3) is 0.0215. The molecule has 106 heavy (non-hydrogen) atoms. The summed E-state index contributed by atoms with van der Waals surface area (Å²) in [4.78, 5) is 0. The van der Waals surface area contributed by atoms with Crippen molar-refractivity contribution in [1.29, 1.82) is 5.26 Å². The third-order valence-electron chi connectivity index (χ3n) is 21.6. The molecule has 15 aromatic carbocycles. The molecular formula is C93H53F6N7. The van der Waals surface area contributed by atoms with Crippen LogP contribution in [0.4, 0.5) is 26.3 Å². The van der Waals surface area contributed by atoms with E-state index in [0.717, 1.165) is 166 Å². The van der Waals surface area contributed by atoms with E-state index in [9.17, 15) is 5.26 Å². The fourth-order valence-electron chi connectivity index (χ4n) is 17.1. The van der Waals surface area contributed by atoms with Gasteiger partial charge in [0.25, 0.3) is 0 Å². The minimum Gasteiger partial charge on any atom is -0.309 e. The molecule has 0 aliphatic heterocycles. The van der Waals surface area contributed by atoms with E-state index in [1.54, 1.807) is 24.3 Å². The largest absolute Gasteiger partial charge is 0.416 e. The lowest BCUT2D eigenvalue weighted by Gasteiger charge is -2.19. The van der Waals surface area contributed by atoms with E-state index >= 15 is 26.3 Å². The number of benzene rings is 15. The van der Waals surface area contributed by atoms with Gasteiger partial charge in [-0.05, 0) is 181 Å². The van der Waals surface area contributed by atoms with Gasteiger partial charge in [-0.3, -0.25) is 0 Å². The first-order valence-corrected chi connectivity index (χ1v) is 34.9. The Hall–Kier alpha value is -13.8. The second kappa shape index (κ2) is 22.6. The van der Waals surface area contributed by atoms with Crippen molar-refractivity contribution in [2.75, 3.05) is 0 Å². The topological polar surface area (TPSA) is 53.4 Å². The summed E-state index contributed by atoms with van der Waals surface area (Å²) < 4.78 is 103. The molecule has 0 amide bonds. The average molecular weight is 1380 g/mol. The van der Waals surface area contributed by atoms with Crippen molar-refractivity contribution in [3.8, 4) is 62.4 Å². The first-order valence-electron chi connectivity index (χ1n) is 34.9. The number of aromatic nitrogens is 6. The average Bonchev–Trinajstić information content (AvgIpc) is 1.55. The fourth-order valence-corrected chi connectivity index (χ4v) is 17.1. The minimum atomic E-state index is -5.13. The molecule has 0 aliphatic rings. The highest BCUT2D eigenvalue weighted by Crippen LogP contribution is 2.47. The molecule has 0 fully saturated rings. The van der Waals surface area contributed by atoms with Crippen molar-refractivity contribution in [1.82, 2.24) is 27.4 Å². The van der Waals surface area contributed by atoms with Gasteiger partial charge in [0.05, 0.1) is 94.6 Å². The Labute approximate surface area is 599 Å². The van der Waals surface area contributed by atoms with E-state index < -0.39 is 23.5 Å². The molecule has 0 radical (unpaired) electrons. The molecule has 6 aromatic heterocycles. The maximum absolute atomic E-state index is 15.0. The van der Waals surface area contributed by atoms with E-state index in [0.29, 0.717) is 22.5 Å². The third-order valence-corrected chi connectivity index (χ3v) is 21.6. The van der Waals surface area contributed by atoms with Gasteiger partial charge in [-0.1, -0.05) is 152 Å². The molecule has 0 bridgehead atoms. The molecule has 0 N–H and O–H groups in total. The smallest absolute Gasteiger partial charge is 0.309 e. The van der Waals surface area contributed by atoms with Gasteiger partial charge in [-0.25, -0.2) is 0 Å². The monoisotopic (exact) mass is 1380 g/mol. The predicted molar refractivity (Wildman–Crippen MR) is 418 cm³/mol. The van der Waals surface area contributed by atoms with E-state index in [4.69, 9.17) is 0 Å². The normalized spacial score (nSPS) is 12.4. The molecule has 0 saturated heterocycles. The standard InChI is InChI=1S/C93H53F6N7/c94-92(95,96)58-45-57(46-59(48-58)93(97,98)99)55-34-40-89(106-90-43-38-63(103-83-29-13-5-21-69(83)70-22-6-14-30-84(70)103)52-77(90)78-53-64(39-44-91(78)106)104-85-31-15-7-23-71(85)72-24-8-16-32-86(72)104)74(47-55)73-49-60(35-33-56(73)54-100)105-87-41-36-61(101-79-25-9-1-17-65(79)66-18-2-10-26-80(66)101)50-75(87)76-51-62(37-42-88(76)105)102-81-27-11-3-19-67(81)68-20-4-12-28-82(68)102/h1-53H. The lowest BCUT2D eigenvalue weighted by atomic mass is 9.92. The molecule has 13 heteroatoms. The molecule has 0 spiro atoms. The molecule has 0 aliphatic carbocycles. The molecular weight excluding hydrogens is 1330 g/mol. The van der Waals surface area contributed by atoms with Crippen LogP contribution in [0.2, 0.25) is 0 Å². The number of para-hydroxylation sites is 8. The van der Waals surface area contributed by atoms with E-state index in [1.165, 1.54) is 0 Å². The van der Waals surface area contributed by atoms with Gasteiger partial charge < -0.3 is 27.4 Å². The van der Waals surface area contributed by atoms with Gasteiger partial charge in [0, 0.05) is 104 Å². The summed E-state index contributed by atoms with van der Waals surface area (Å²) in [6.45, 7) is 0. The first kappa shape index (κ1) is 60.9. The number of hydrogen-bond donors (Lipinski definition) is 0. The van der Waals surface area contributed by atoms with Crippen LogP contribution >= 0.6 is 0 Å². The van der Waals surface area contributed by atoms with Crippen LogP contribution in [0.15, 0.2) is 322 Å². The molecule has 21 rings (SSSR count). The molecule has 7 nitrogen and oxygen atoms in total. The van der Waals surface area contributed by atoms with Crippen LogP contribution in [0, 0.1) is 11.3 Å². The first-order chi connectivity index (χ1) is 51.8. The number of rotatable bonds is 8.